The van der Waals surface area contributed by atoms with E-state index in [2.05, 4.69) is 15.4 Å². The van der Waals surface area contributed by atoms with Gasteiger partial charge in [0, 0.05) is 25.6 Å². The summed E-state index contributed by atoms with van der Waals surface area (Å²) >= 11 is 0. The van der Waals surface area contributed by atoms with E-state index in [1.54, 1.807) is 13.0 Å². The number of nitrogens with two attached hydrogens (primary N) is 1. The number of aromatic nitrogens is 2. The van der Waals surface area contributed by atoms with Crippen LogP contribution in [0.5, 0.6) is 0 Å². The summed E-state index contributed by atoms with van der Waals surface area (Å²) in [6.45, 7) is 6.30. The van der Waals surface area contributed by atoms with Gasteiger partial charge in [-0.25, -0.2) is 15.8 Å². The maximum Gasteiger partial charge on any atom is 0.145 e. The van der Waals surface area contributed by atoms with Crippen molar-refractivity contribution in [1.82, 2.24) is 9.97 Å². The highest BCUT2D eigenvalue weighted by atomic mass is 16.3. The predicted molar refractivity (Wildman–Crippen MR) is 68.9 cm³/mol. The minimum absolute atomic E-state index is 0.224. The van der Waals surface area contributed by atoms with E-state index in [0.717, 1.165) is 11.6 Å². The van der Waals surface area contributed by atoms with Gasteiger partial charge in [-0.2, -0.15) is 0 Å². The molecule has 0 aliphatic heterocycles. The Labute approximate surface area is 102 Å². The first-order valence-corrected chi connectivity index (χ1v) is 5.68. The van der Waals surface area contributed by atoms with E-state index in [9.17, 15) is 5.11 Å². The molecule has 0 spiro atoms. The van der Waals surface area contributed by atoms with Crippen molar-refractivity contribution in [3.8, 4) is 0 Å². The number of hydrazine groups is 1. The number of nitrogens with one attached hydrogen (secondary N) is 1. The van der Waals surface area contributed by atoms with Crippen molar-refractivity contribution in [1.29, 1.82) is 0 Å². The SMILES string of the molecule is CC(O)CN(C)c1cc(NN)nc(C(C)C)n1. The number of aliphatic hydroxyl groups excluding tert-OH is 1. The summed E-state index contributed by atoms with van der Waals surface area (Å²) in [7, 11) is 1.87. The number of hydrogen-bond acceptors (Lipinski definition) is 6. The van der Waals surface area contributed by atoms with Gasteiger partial charge < -0.3 is 15.4 Å². The van der Waals surface area contributed by atoms with Gasteiger partial charge in [0.2, 0.25) is 0 Å². The molecular formula is C11H21N5O. The Morgan fingerprint density at radius 2 is 2.06 bits per heavy atom. The second-order valence-corrected chi connectivity index (χ2v) is 4.50. The fraction of sp³-hybridized carbons (Fsp3) is 0.636. The first-order valence-electron chi connectivity index (χ1n) is 5.68. The van der Waals surface area contributed by atoms with Crippen LogP contribution in [0.15, 0.2) is 6.07 Å². The third kappa shape index (κ3) is 3.83. The van der Waals surface area contributed by atoms with E-state index < -0.39 is 6.10 Å². The van der Waals surface area contributed by atoms with Gasteiger partial charge >= 0.3 is 0 Å². The van der Waals surface area contributed by atoms with Crippen LogP contribution in [0, 0.1) is 0 Å². The molecule has 1 rings (SSSR count). The van der Waals surface area contributed by atoms with Gasteiger partial charge in [0.1, 0.15) is 17.5 Å². The summed E-state index contributed by atoms with van der Waals surface area (Å²) in [5.74, 6) is 7.66. The molecule has 6 heteroatoms. The highest BCUT2D eigenvalue weighted by Crippen LogP contribution is 2.18. The normalized spacial score (nSPS) is 12.6. The van der Waals surface area contributed by atoms with Gasteiger partial charge in [-0.1, -0.05) is 13.8 Å². The Balaban J connectivity index is 3.01. The third-order valence-electron chi connectivity index (χ3n) is 2.32. The van der Waals surface area contributed by atoms with Crippen LogP contribution in [0.3, 0.4) is 0 Å². The molecule has 1 aromatic heterocycles. The fourth-order valence-corrected chi connectivity index (χ4v) is 1.47. The van der Waals surface area contributed by atoms with Crippen molar-refractivity contribution >= 4 is 11.6 Å². The lowest BCUT2D eigenvalue weighted by Crippen LogP contribution is -2.28. The Morgan fingerprint density at radius 1 is 1.41 bits per heavy atom. The number of nitrogen functional groups attached to an aromatic ring is 1. The van der Waals surface area contributed by atoms with Gasteiger partial charge in [-0.3, -0.25) is 0 Å². The van der Waals surface area contributed by atoms with E-state index in [1.165, 1.54) is 0 Å². The molecule has 0 saturated carbocycles. The first-order chi connectivity index (χ1) is 7.93. The van der Waals surface area contributed by atoms with E-state index in [4.69, 9.17) is 5.84 Å². The zero-order chi connectivity index (χ0) is 13.0. The Morgan fingerprint density at radius 3 is 2.53 bits per heavy atom. The van der Waals surface area contributed by atoms with Gasteiger partial charge in [0.05, 0.1) is 6.10 Å². The monoisotopic (exact) mass is 239 g/mol. The zero-order valence-electron chi connectivity index (χ0n) is 10.8. The Kier molecular flexibility index (Phi) is 4.65. The molecule has 0 aromatic carbocycles. The largest absolute Gasteiger partial charge is 0.392 e. The average molecular weight is 239 g/mol. The molecule has 0 amide bonds. The van der Waals surface area contributed by atoms with E-state index in [1.807, 2.05) is 25.8 Å². The van der Waals surface area contributed by atoms with Crippen molar-refractivity contribution in [3.63, 3.8) is 0 Å². The minimum atomic E-state index is -0.410. The van der Waals surface area contributed by atoms with Gasteiger partial charge in [0.15, 0.2) is 0 Å². The number of rotatable bonds is 5. The molecule has 0 aliphatic rings. The molecule has 0 bridgehead atoms. The second kappa shape index (κ2) is 5.79. The van der Waals surface area contributed by atoms with Crippen LogP contribution in [0.4, 0.5) is 11.6 Å². The van der Waals surface area contributed by atoms with Crippen LogP contribution in [-0.4, -0.2) is 34.8 Å². The highest BCUT2D eigenvalue weighted by molar-refractivity contribution is 5.48. The summed E-state index contributed by atoms with van der Waals surface area (Å²) in [4.78, 5) is 10.6. The minimum Gasteiger partial charge on any atom is -0.392 e. The van der Waals surface area contributed by atoms with Crippen LogP contribution in [-0.2, 0) is 0 Å². The van der Waals surface area contributed by atoms with E-state index in [0.29, 0.717) is 12.4 Å². The molecule has 17 heavy (non-hydrogen) atoms. The summed E-state index contributed by atoms with van der Waals surface area (Å²) < 4.78 is 0. The second-order valence-electron chi connectivity index (χ2n) is 4.50. The van der Waals surface area contributed by atoms with E-state index in [-0.39, 0.29) is 5.92 Å². The van der Waals surface area contributed by atoms with E-state index >= 15 is 0 Å². The molecule has 0 saturated heterocycles. The average Bonchev–Trinajstić information content (AvgIpc) is 2.27. The maximum atomic E-state index is 9.36. The summed E-state index contributed by atoms with van der Waals surface area (Å²) in [6.07, 6.45) is -0.410. The van der Waals surface area contributed by atoms with Crippen LogP contribution < -0.4 is 16.2 Å². The molecule has 1 atom stereocenters. The molecular weight excluding hydrogens is 218 g/mol. The molecule has 1 aromatic rings. The predicted octanol–water partition coefficient (Wildman–Crippen LogP) is 0.703. The standard InChI is InChI=1S/C11H21N5O/c1-7(2)11-13-9(15-12)5-10(14-11)16(4)6-8(3)17/h5,7-8,17H,6,12H2,1-4H3,(H,13,14,15). The van der Waals surface area contributed by atoms with Crippen molar-refractivity contribution in [2.75, 3.05) is 23.9 Å². The fourth-order valence-electron chi connectivity index (χ4n) is 1.47. The highest BCUT2D eigenvalue weighted by Gasteiger charge is 2.11. The van der Waals surface area contributed by atoms with Crippen molar-refractivity contribution in [2.45, 2.75) is 32.8 Å². The maximum absolute atomic E-state index is 9.36. The van der Waals surface area contributed by atoms with Gasteiger partial charge in [-0.15, -0.1) is 0 Å². The molecule has 1 heterocycles. The quantitative estimate of drug-likeness (QED) is 0.518. The van der Waals surface area contributed by atoms with Crippen molar-refractivity contribution in [2.24, 2.45) is 5.84 Å². The van der Waals surface area contributed by atoms with Crippen LogP contribution in [0.1, 0.15) is 32.5 Å². The molecule has 0 fully saturated rings. The molecule has 0 radical (unpaired) electrons. The van der Waals surface area contributed by atoms with Crippen LogP contribution in [0.25, 0.3) is 0 Å². The number of likely N-dealkylation sites (N-methyl/N-ethyl adjacent to an activating group) is 1. The molecule has 0 aliphatic carbocycles. The van der Waals surface area contributed by atoms with Crippen LogP contribution in [0.2, 0.25) is 0 Å². The zero-order valence-corrected chi connectivity index (χ0v) is 10.8. The van der Waals surface area contributed by atoms with Gasteiger partial charge in [0.25, 0.3) is 0 Å². The smallest absolute Gasteiger partial charge is 0.145 e. The third-order valence-corrected chi connectivity index (χ3v) is 2.32. The number of hydrogen-bond donors (Lipinski definition) is 3. The lowest BCUT2D eigenvalue weighted by molar-refractivity contribution is 0.201. The summed E-state index contributed by atoms with van der Waals surface area (Å²) in [5, 5.41) is 9.36. The summed E-state index contributed by atoms with van der Waals surface area (Å²) in [5.41, 5.74) is 2.53. The lowest BCUT2D eigenvalue weighted by atomic mass is 10.2. The lowest BCUT2D eigenvalue weighted by Gasteiger charge is -2.21. The Hall–Kier alpha value is -1.40. The van der Waals surface area contributed by atoms with Crippen molar-refractivity contribution in [3.05, 3.63) is 11.9 Å². The topological polar surface area (TPSA) is 87.3 Å². The molecule has 1 unspecified atom stereocenters. The van der Waals surface area contributed by atoms with Crippen molar-refractivity contribution < 1.29 is 5.11 Å². The van der Waals surface area contributed by atoms with Crippen LogP contribution >= 0.6 is 0 Å². The number of nitrogens with zero attached hydrogens (tertiary/aromatic N) is 3. The Bertz CT molecular complexity index is 367. The first kappa shape index (κ1) is 13.7. The molecule has 4 N–H and O–H groups in total. The number of aliphatic hydroxyl groups is 1. The number of anilines is 2. The molecule has 96 valence electrons. The summed E-state index contributed by atoms with van der Waals surface area (Å²) in [6, 6.07) is 1.76. The van der Waals surface area contributed by atoms with Gasteiger partial charge in [-0.05, 0) is 6.92 Å². The molecule has 6 nitrogen and oxygen atoms in total.